The fourth-order valence-electron chi connectivity index (χ4n) is 8.67. The van der Waals surface area contributed by atoms with Crippen molar-refractivity contribution in [3.8, 4) is 0 Å². The van der Waals surface area contributed by atoms with E-state index in [1.165, 1.54) is 26.4 Å². The van der Waals surface area contributed by atoms with E-state index in [1.54, 1.807) is 27.7 Å². The third kappa shape index (κ3) is 27.1. The van der Waals surface area contributed by atoms with Crippen LogP contribution in [0.2, 0.25) is 0 Å². The van der Waals surface area contributed by atoms with Gasteiger partial charge >= 0.3 is 5.97 Å². The molecule has 0 spiro atoms. The van der Waals surface area contributed by atoms with Crippen molar-refractivity contribution < 1.29 is 67.7 Å². The van der Waals surface area contributed by atoms with Gasteiger partial charge < -0.3 is 85.6 Å². The van der Waals surface area contributed by atoms with Gasteiger partial charge in [-0.15, -0.1) is 0 Å². The SMILES string of the molecule is CC[C@H](C)[C@@H]1NC(=O)[C@H](CCCN=C(N)N)NC(=O)[C@H](CCC(=O)O)NC(=O)[C@H]([C@@H](C)O)NC(=O)CCCCCCNC(=O)[C@H](CC(C)C)NC(=O)[C@H](CC(N)=O)NC(=O)[C@H](Cc2cnc[nH]2)NC(=O)[C@H](CC(C)C)NC(=O)[C@H](C)NC1=O. The first-order valence-electron chi connectivity index (χ1n) is 28.2. The molecule has 0 unspecified atom stereocenters. The Morgan fingerprint density at radius 2 is 1.14 bits per heavy atom. The van der Waals surface area contributed by atoms with E-state index in [1.807, 2.05) is 13.8 Å². The molecular weight excluding hydrogens is 1080 g/mol. The van der Waals surface area contributed by atoms with E-state index in [4.69, 9.17) is 17.2 Å². The Bertz CT molecular complexity index is 2380. The summed E-state index contributed by atoms with van der Waals surface area (Å²) in [7, 11) is 0. The van der Waals surface area contributed by atoms with Gasteiger partial charge in [0.15, 0.2) is 5.96 Å². The van der Waals surface area contributed by atoms with Crippen LogP contribution >= 0.6 is 0 Å². The molecule has 2 heterocycles. The number of carboxylic acid groups (broad SMARTS) is 1. The molecule has 1 aliphatic rings. The molecule has 30 nitrogen and oxygen atoms in total. The van der Waals surface area contributed by atoms with Crippen LogP contribution in [0, 0.1) is 17.8 Å². The van der Waals surface area contributed by atoms with Gasteiger partial charge in [-0.3, -0.25) is 62.5 Å². The highest BCUT2D eigenvalue weighted by atomic mass is 16.4. The number of aliphatic hydroxyl groups is 1. The number of aromatic amines is 1. The maximum absolute atomic E-state index is 14.3. The van der Waals surface area contributed by atoms with Crippen LogP contribution in [-0.4, -0.2) is 171 Å². The van der Waals surface area contributed by atoms with E-state index >= 15 is 0 Å². The van der Waals surface area contributed by atoms with E-state index in [0.29, 0.717) is 37.8 Å². The number of H-pyrrole nitrogens is 1. The number of carboxylic acids is 1. The zero-order valence-corrected chi connectivity index (χ0v) is 48.9. The van der Waals surface area contributed by atoms with Crippen LogP contribution in [0.25, 0.3) is 0 Å². The molecule has 466 valence electrons. The predicted molar refractivity (Wildman–Crippen MR) is 302 cm³/mol. The number of nitrogens with one attached hydrogen (secondary N) is 11. The first-order valence-corrected chi connectivity index (χ1v) is 28.2. The summed E-state index contributed by atoms with van der Waals surface area (Å²) in [5.74, 6) is -12.2. The Morgan fingerprint density at radius 1 is 0.627 bits per heavy atom. The van der Waals surface area contributed by atoms with E-state index in [-0.39, 0.29) is 69.4 Å². The number of aliphatic imine (C=N–C) groups is 1. The van der Waals surface area contributed by atoms with Gasteiger partial charge in [-0.05, 0) is 76.5 Å². The normalized spacial score (nSPS) is 25.2. The molecule has 1 aromatic heterocycles. The van der Waals surface area contributed by atoms with Gasteiger partial charge in [-0.25, -0.2) is 4.98 Å². The lowest BCUT2D eigenvalue weighted by Crippen LogP contribution is -2.61. The molecule has 30 heteroatoms. The summed E-state index contributed by atoms with van der Waals surface area (Å²) in [6.45, 7) is 13.2. The van der Waals surface area contributed by atoms with Crippen LogP contribution in [0.1, 0.15) is 145 Å². The van der Waals surface area contributed by atoms with Crippen molar-refractivity contribution in [2.24, 2.45) is 39.9 Å². The predicted octanol–water partition coefficient (Wildman–Crippen LogP) is -3.27. The molecule has 1 aliphatic heterocycles. The summed E-state index contributed by atoms with van der Waals surface area (Å²) in [4.78, 5) is 174. The molecule has 0 aliphatic carbocycles. The van der Waals surface area contributed by atoms with Crippen molar-refractivity contribution in [1.29, 1.82) is 0 Å². The number of aliphatic hydroxyl groups excluding tert-OH is 1. The van der Waals surface area contributed by atoms with Gasteiger partial charge in [0.05, 0.1) is 18.9 Å². The fourth-order valence-corrected chi connectivity index (χ4v) is 8.67. The molecule has 0 radical (unpaired) electrons. The van der Waals surface area contributed by atoms with Crippen molar-refractivity contribution >= 4 is 76.9 Å². The van der Waals surface area contributed by atoms with Crippen LogP contribution < -0.4 is 70.4 Å². The highest BCUT2D eigenvalue weighted by Crippen LogP contribution is 2.14. The number of nitrogens with zero attached hydrogens (tertiary/aromatic N) is 2. The monoisotopic (exact) mass is 1170 g/mol. The standard InChI is InChI=1S/C53H90N16O14/c1-9-29(6)42-51(82)61-30(7)44(75)64-36(22-28(4)5)48(79)66-37(23-32-25-57-26-60-32)49(80)67-38(24-39(54)71)50(81)65-35(21-27(2)3)45(76)58-19-13-11-10-12-16-40(72)68-43(31(8)70)52(83)63-34(17-18-41(73)74)46(77)62-33(47(78)69-42)15-14-20-59-53(55)56/h25-31,33-38,42-43,70H,9-24H2,1-8H3,(H2,54,71)(H,57,60)(H,58,76)(H,61,82)(H,62,77)(H,63,83)(H,64,75)(H,65,81)(H,66,79)(H,67,80)(H,68,72)(H,69,78)(H,73,74)(H4,55,56,59)/t29-,30-,31+,33-,34-,35-,36-,37-,38-,42-,43-/m0/s1. The Kier molecular flexibility index (Phi) is 31.3. The van der Waals surface area contributed by atoms with Gasteiger partial charge in [-0.2, -0.15) is 0 Å². The highest BCUT2D eigenvalue weighted by Gasteiger charge is 2.37. The van der Waals surface area contributed by atoms with Crippen LogP contribution in [-0.2, 0) is 64.0 Å². The number of rotatable bonds is 18. The third-order valence-electron chi connectivity index (χ3n) is 13.4. The topological polar surface area (TPSA) is 485 Å². The second kappa shape index (κ2) is 36.5. The highest BCUT2D eigenvalue weighted by molar-refractivity contribution is 5.99. The summed E-state index contributed by atoms with van der Waals surface area (Å²) in [5, 5.41) is 46.0. The lowest BCUT2D eigenvalue weighted by atomic mass is 9.97. The minimum atomic E-state index is -1.64. The molecule has 11 atom stereocenters. The number of aromatic nitrogens is 2. The van der Waals surface area contributed by atoms with Gasteiger partial charge in [-0.1, -0.05) is 60.8 Å². The number of nitrogens with two attached hydrogens (primary N) is 3. The number of carbonyl (C=O) groups excluding carboxylic acids is 11. The smallest absolute Gasteiger partial charge is 0.303 e. The Labute approximate surface area is 483 Å². The number of hydrogen-bond acceptors (Lipinski definition) is 15. The number of guanidine groups is 1. The van der Waals surface area contributed by atoms with Crippen LogP contribution in [0.4, 0.5) is 0 Å². The summed E-state index contributed by atoms with van der Waals surface area (Å²) in [6, 6.07) is -13.0. The average molecular weight is 1180 g/mol. The molecule has 1 aromatic rings. The minimum absolute atomic E-state index is 0.0138. The lowest BCUT2D eigenvalue weighted by molar-refractivity contribution is -0.139. The summed E-state index contributed by atoms with van der Waals surface area (Å²) in [5.41, 5.74) is 16.9. The molecule has 19 N–H and O–H groups in total. The number of aliphatic carboxylic acids is 1. The summed E-state index contributed by atoms with van der Waals surface area (Å²) in [6.07, 6.45) is 1.16. The maximum Gasteiger partial charge on any atom is 0.303 e. The zero-order valence-electron chi connectivity index (χ0n) is 48.9. The first-order chi connectivity index (χ1) is 39.0. The molecule has 83 heavy (non-hydrogen) atoms. The molecule has 0 aromatic carbocycles. The van der Waals surface area contributed by atoms with Crippen molar-refractivity contribution in [2.75, 3.05) is 13.1 Å². The maximum atomic E-state index is 14.3. The number of amides is 11. The third-order valence-corrected chi connectivity index (χ3v) is 13.4. The Hall–Kier alpha value is -7.92. The van der Waals surface area contributed by atoms with E-state index < -0.39 is 157 Å². The van der Waals surface area contributed by atoms with E-state index in [9.17, 15) is 67.7 Å². The zero-order chi connectivity index (χ0) is 62.5. The van der Waals surface area contributed by atoms with Crippen LogP contribution in [0.15, 0.2) is 17.5 Å². The number of imidazole rings is 1. The lowest BCUT2D eigenvalue weighted by Gasteiger charge is -2.29. The molecule has 1 saturated heterocycles. The molecular formula is C53H90N16O14. The van der Waals surface area contributed by atoms with Crippen molar-refractivity contribution in [2.45, 2.75) is 206 Å². The van der Waals surface area contributed by atoms with Crippen molar-refractivity contribution in [3.63, 3.8) is 0 Å². The Balaban J connectivity index is 2.69. The van der Waals surface area contributed by atoms with Crippen molar-refractivity contribution in [1.82, 2.24) is 63.1 Å². The van der Waals surface area contributed by atoms with Crippen molar-refractivity contribution in [3.05, 3.63) is 18.2 Å². The van der Waals surface area contributed by atoms with Gasteiger partial charge in [0, 0.05) is 44.2 Å². The summed E-state index contributed by atoms with van der Waals surface area (Å²) < 4.78 is 0. The second-order valence-electron chi connectivity index (χ2n) is 21.8. The van der Waals surface area contributed by atoms with E-state index in [2.05, 4.69) is 68.1 Å². The van der Waals surface area contributed by atoms with Gasteiger partial charge in [0.25, 0.3) is 0 Å². The minimum Gasteiger partial charge on any atom is -0.481 e. The van der Waals surface area contributed by atoms with Gasteiger partial charge in [0.1, 0.15) is 54.4 Å². The number of primary amides is 1. The number of carbonyl (C=O) groups is 12. The largest absolute Gasteiger partial charge is 0.481 e. The average Bonchev–Trinajstić information content (AvgIpc) is 3.94. The molecule has 0 saturated carbocycles. The number of hydrogen-bond donors (Lipinski definition) is 16. The first kappa shape index (κ1) is 71.2. The molecule has 2 rings (SSSR count). The van der Waals surface area contributed by atoms with Gasteiger partial charge in [0.2, 0.25) is 65.0 Å². The second-order valence-corrected chi connectivity index (χ2v) is 21.8. The molecule has 11 amide bonds. The molecule has 1 fully saturated rings. The fraction of sp³-hybridized carbons (Fsp3) is 0.698. The van der Waals surface area contributed by atoms with E-state index in [0.717, 1.165) is 0 Å². The quantitative estimate of drug-likeness (QED) is 0.0390. The molecule has 0 bridgehead atoms. The summed E-state index contributed by atoms with van der Waals surface area (Å²) >= 11 is 0. The Morgan fingerprint density at radius 3 is 1.72 bits per heavy atom. The van der Waals surface area contributed by atoms with Crippen LogP contribution in [0.5, 0.6) is 0 Å². The van der Waals surface area contributed by atoms with Crippen LogP contribution in [0.3, 0.4) is 0 Å².